The molecule has 0 saturated carbocycles. The number of carbonyl (C=O) groups excluding carboxylic acids is 3. The molecule has 2 heterocycles. The topological polar surface area (TPSA) is 106 Å². The lowest BCUT2D eigenvalue weighted by atomic mass is 10.1. The molecule has 2 aliphatic heterocycles. The van der Waals surface area contributed by atoms with E-state index in [4.69, 9.17) is 4.74 Å². The van der Waals surface area contributed by atoms with Crippen molar-refractivity contribution in [2.24, 2.45) is 0 Å². The highest BCUT2D eigenvalue weighted by molar-refractivity contribution is 5.94. The van der Waals surface area contributed by atoms with Crippen molar-refractivity contribution in [1.82, 2.24) is 30.7 Å². The quantitative estimate of drug-likeness (QED) is 0.352. The molecule has 2 aliphatic rings. The third-order valence-corrected chi connectivity index (χ3v) is 7.61. The molecule has 0 aromatic heterocycles. The minimum absolute atomic E-state index is 0.183. The lowest BCUT2D eigenvalue weighted by molar-refractivity contribution is -0.138. The summed E-state index contributed by atoms with van der Waals surface area (Å²) in [5.41, 5.74) is -1.64. The number of nitrogens with zero attached hydrogens (tertiary/aromatic N) is 3. The summed E-state index contributed by atoms with van der Waals surface area (Å²) in [6, 6.07) is 8.35. The summed E-state index contributed by atoms with van der Waals surface area (Å²) in [6.07, 6.45) is -9.13. The third kappa shape index (κ3) is 13.9. The first kappa shape index (κ1) is 39.5. The van der Waals surface area contributed by atoms with Crippen LogP contribution >= 0.6 is 0 Å². The highest BCUT2D eigenvalue weighted by Crippen LogP contribution is 2.30. The molecule has 0 aliphatic carbocycles. The molecule has 272 valence electrons. The summed E-state index contributed by atoms with van der Waals surface area (Å²) in [5.74, 6) is -0.764. The number of alkyl halides is 6. The molecule has 2 fully saturated rings. The molecule has 0 unspecified atom stereocenters. The Labute approximate surface area is 282 Å². The van der Waals surface area contributed by atoms with Gasteiger partial charge in [-0.25, -0.2) is 4.79 Å². The van der Waals surface area contributed by atoms with Crippen LogP contribution in [0.2, 0.25) is 0 Å². The first-order chi connectivity index (χ1) is 22.9. The van der Waals surface area contributed by atoms with E-state index in [0.717, 1.165) is 69.1 Å². The van der Waals surface area contributed by atoms with Crippen molar-refractivity contribution in [3.05, 3.63) is 70.8 Å². The first-order valence-electron chi connectivity index (χ1n) is 16.0. The Morgan fingerprint density at radius 1 is 0.653 bits per heavy atom. The largest absolute Gasteiger partial charge is 0.444 e. The molecule has 2 aromatic rings. The number of carbonyl (C=O) groups is 3. The predicted molar refractivity (Wildman–Crippen MR) is 171 cm³/mol. The summed E-state index contributed by atoms with van der Waals surface area (Å²) < 4.78 is 80.2. The van der Waals surface area contributed by atoms with Gasteiger partial charge in [0.15, 0.2) is 0 Å². The molecule has 4 rings (SSSR count). The summed E-state index contributed by atoms with van der Waals surface area (Å²) >= 11 is 0. The molecule has 0 bridgehead atoms. The summed E-state index contributed by atoms with van der Waals surface area (Å²) in [5, 5.41) is 8.66. The molecule has 49 heavy (non-hydrogen) atoms. The van der Waals surface area contributed by atoms with Crippen LogP contribution in [-0.4, -0.2) is 117 Å². The molecular formula is C33H44F6N6O4. The number of rotatable bonds is 8. The van der Waals surface area contributed by atoms with Gasteiger partial charge in [-0.1, -0.05) is 0 Å². The monoisotopic (exact) mass is 702 g/mol. The minimum Gasteiger partial charge on any atom is -0.444 e. The van der Waals surface area contributed by atoms with Gasteiger partial charge in [0.05, 0.1) is 11.1 Å². The van der Waals surface area contributed by atoms with Gasteiger partial charge in [0.1, 0.15) is 5.60 Å². The Balaban J connectivity index is 0.000000276. The molecule has 10 nitrogen and oxygen atoms in total. The minimum atomic E-state index is -4.42. The normalized spacial score (nSPS) is 16.3. The van der Waals surface area contributed by atoms with Crippen molar-refractivity contribution in [3.8, 4) is 0 Å². The van der Waals surface area contributed by atoms with Gasteiger partial charge >= 0.3 is 18.4 Å². The molecule has 0 radical (unpaired) electrons. The summed E-state index contributed by atoms with van der Waals surface area (Å²) in [6.45, 7) is 13.8. The number of halogens is 6. The van der Waals surface area contributed by atoms with E-state index in [0.29, 0.717) is 45.8 Å². The fraction of sp³-hybridized carbons (Fsp3) is 0.545. The smallest absolute Gasteiger partial charge is 0.416 e. The molecule has 3 amide bonds. The van der Waals surface area contributed by atoms with Crippen LogP contribution in [0, 0.1) is 0 Å². The highest BCUT2D eigenvalue weighted by Gasteiger charge is 2.31. The second-order valence-corrected chi connectivity index (χ2v) is 12.6. The van der Waals surface area contributed by atoms with Crippen LogP contribution in [0.25, 0.3) is 0 Å². The second kappa shape index (κ2) is 17.7. The van der Waals surface area contributed by atoms with Gasteiger partial charge in [-0.3, -0.25) is 19.4 Å². The van der Waals surface area contributed by atoms with E-state index < -0.39 is 35.0 Å². The summed E-state index contributed by atoms with van der Waals surface area (Å²) in [7, 11) is 0. The van der Waals surface area contributed by atoms with Gasteiger partial charge in [0, 0.05) is 89.7 Å². The number of benzene rings is 2. The highest BCUT2D eigenvalue weighted by atomic mass is 19.4. The maximum Gasteiger partial charge on any atom is 0.416 e. The molecule has 2 aromatic carbocycles. The zero-order chi connectivity index (χ0) is 36.2. The average molecular weight is 703 g/mol. The van der Waals surface area contributed by atoms with Gasteiger partial charge < -0.3 is 25.6 Å². The number of piperazine rings is 2. The Bertz CT molecular complexity index is 1350. The standard InChI is InChI=1S/C19H26F3N3O3.C14H18F3N3O/c1-18(2,3)28-17(27)25-12-10-24(11-13-25)9-8-23-16(26)14-4-6-15(7-5-14)19(20,21)22;15-14(16,17)12-3-1-11(2-4-12)13(21)19-7-10-20-8-5-18-6-9-20/h4-7H,8-13H2,1-3H3,(H,23,26);1-4,18H,5-10H2,(H,19,21). The SMILES string of the molecule is CC(C)(C)OC(=O)N1CCN(CCNC(=O)c2ccc(C(F)(F)F)cc2)CC1.O=C(NCCN1CCNCC1)c1ccc(C(F)(F)F)cc1. The van der Waals surface area contributed by atoms with E-state index in [2.05, 4.69) is 25.8 Å². The van der Waals surface area contributed by atoms with Gasteiger partial charge in [-0.2, -0.15) is 26.3 Å². The average Bonchev–Trinajstić information content (AvgIpc) is 3.04. The van der Waals surface area contributed by atoms with Crippen LogP contribution in [0.15, 0.2) is 48.5 Å². The predicted octanol–water partition coefficient (Wildman–Crippen LogP) is 4.33. The molecule has 0 spiro atoms. The van der Waals surface area contributed by atoms with Crippen molar-refractivity contribution >= 4 is 17.9 Å². The number of amides is 3. The van der Waals surface area contributed by atoms with Crippen LogP contribution in [0.4, 0.5) is 31.1 Å². The van der Waals surface area contributed by atoms with E-state index in [9.17, 15) is 40.7 Å². The Kier molecular flexibility index (Phi) is 14.3. The second-order valence-electron chi connectivity index (χ2n) is 12.6. The van der Waals surface area contributed by atoms with Crippen LogP contribution in [0.1, 0.15) is 52.6 Å². The Morgan fingerprint density at radius 3 is 1.41 bits per heavy atom. The molecule has 16 heteroatoms. The van der Waals surface area contributed by atoms with Gasteiger partial charge in [-0.15, -0.1) is 0 Å². The lowest BCUT2D eigenvalue weighted by Crippen LogP contribution is -2.51. The van der Waals surface area contributed by atoms with Crippen molar-refractivity contribution in [2.45, 2.75) is 38.7 Å². The maximum atomic E-state index is 12.5. The first-order valence-corrected chi connectivity index (χ1v) is 16.0. The van der Waals surface area contributed by atoms with E-state index in [1.54, 1.807) is 4.90 Å². The van der Waals surface area contributed by atoms with E-state index >= 15 is 0 Å². The lowest BCUT2D eigenvalue weighted by Gasteiger charge is -2.35. The van der Waals surface area contributed by atoms with Crippen LogP contribution in [-0.2, 0) is 17.1 Å². The van der Waals surface area contributed by atoms with E-state index in [1.807, 2.05) is 20.8 Å². The third-order valence-electron chi connectivity index (χ3n) is 7.61. The molecular weight excluding hydrogens is 658 g/mol. The fourth-order valence-corrected chi connectivity index (χ4v) is 4.90. The van der Waals surface area contributed by atoms with Gasteiger partial charge in [0.25, 0.3) is 11.8 Å². The maximum absolute atomic E-state index is 12.5. The van der Waals surface area contributed by atoms with E-state index in [1.165, 1.54) is 12.1 Å². The van der Waals surface area contributed by atoms with Crippen LogP contribution < -0.4 is 16.0 Å². The fourth-order valence-electron chi connectivity index (χ4n) is 4.90. The number of nitrogens with one attached hydrogen (secondary N) is 3. The zero-order valence-corrected chi connectivity index (χ0v) is 27.8. The number of ether oxygens (including phenoxy) is 1. The van der Waals surface area contributed by atoms with Gasteiger partial charge in [-0.05, 0) is 69.3 Å². The van der Waals surface area contributed by atoms with Crippen LogP contribution in [0.3, 0.4) is 0 Å². The Morgan fingerprint density at radius 2 is 1.04 bits per heavy atom. The van der Waals surface area contributed by atoms with Crippen molar-refractivity contribution < 1.29 is 45.5 Å². The zero-order valence-electron chi connectivity index (χ0n) is 27.8. The van der Waals surface area contributed by atoms with Crippen LogP contribution in [0.5, 0.6) is 0 Å². The van der Waals surface area contributed by atoms with E-state index in [-0.39, 0.29) is 23.1 Å². The van der Waals surface area contributed by atoms with Crippen molar-refractivity contribution in [1.29, 1.82) is 0 Å². The number of hydrogen-bond acceptors (Lipinski definition) is 7. The Hall–Kier alpha value is -3.89. The van der Waals surface area contributed by atoms with Crippen molar-refractivity contribution in [2.75, 3.05) is 78.5 Å². The number of hydrogen-bond donors (Lipinski definition) is 3. The molecule has 2 saturated heterocycles. The van der Waals surface area contributed by atoms with Crippen molar-refractivity contribution in [3.63, 3.8) is 0 Å². The van der Waals surface area contributed by atoms with Gasteiger partial charge in [0.2, 0.25) is 0 Å². The summed E-state index contributed by atoms with van der Waals surface area (Å²) in [4.78, 5) is 41.9. The molecule has 0 atom stereocenters. The molecule has 3 N–H and O–H groups in total.